The van der Waals surface area contributed by atoms with Crippen LogP contribution in [0.2, 0.25) is 0 Å². The van der Waals surface area contributed by atoms with Crippen LogP contribution in [0.1, 0.15) is 58.4 Å². The third-order valence-electron chi connectivity index (χ3n) is 6.51. The number of hydrogen-bond donors (Lipinski definition) is 0. The van der Waals surface area contributed by atoms with Gasteiger partial charge in [0.1, 0.15) is 11.5 Å². The molecular weight excluding hydrogens is 414 g/mol. The fourth-order valence-corrected chi connectivity index (χ4v) is 4.74. The van der Waals surface area contributed by atoms with Gasteiger partial charge in [-0.1, -0.05) is 36.4 Å². The molecule has 7 heteroatoms. The Kier molecular flexibility index (Phi) is 5.86. The number of hydrogen-bond acceptors (Lipinski definition) is 5. The molecule has 2 aliphatic rings. The second kappa shape index (κ2) is 9.10. The molecule has 0 N–H and O–H groups in total. The van der Waals surface area contributed by atoms with E-state index in [-0.39, 0.29) is 17.9 Å². The summed E-state index contributed by atoms with van der Waals surface area (Å²) in [6.07, 6.45) is 5.48. The minimum absolute atomic E-state index is 0.0561. The number of aryl methyl sites for hydroxylation is 1. The number of carbonyl (C=O) groups excluding carboxylic acids is 2. The van der Waals surface area contributed by atoms with Crippen LogP contribution in [-0.2, 0) is 17.6 Å². The molecule has 1 atom stereocenters. The third kappa shape index (κ3) is 4.23. The molecule has 2 aromatic heterocycles. The van der Waals surface area contributed by atoms with Crippen molar-refractivity contribution in [3.05, 3.63) is 83.1 Å². The summed E-state index contributed by atoms with van der Waals surface area (Å²) >= 11 is 0. The van der Waals surface area contributed by atoms with Gasteiger partial charge in [-0.15, -0.1) is 0 Å². The summed E-state index contributed by atoms with van der Waals surface area (Å²) in [5.74, 6) is 1.28. The van der Waals surface area contributed by atoms with Gasteiger partial charge in [-0.2, -0.15) is 0 Å². The first kappa shape index (κ1) is 21.2. The number of rotatable bonds is 5. The zero-order valence-electron chi connectivity index (χ0n) is 18.8. The van der Waals surface area contributed by atoms with Crippen molar-refractivity contribution in [2.24, 2.45) is 0 Å². The smallest absolute Gasteiger partial charge is 0.273 e. The lowest BCUT2D eigenvalue weighted by molar-refractivity contribution is -0.117. The number of anilines is 1. The molecule has 0 saturated carbocycles. The predicted molar refractivity (Wildman–Crippen MR) is 125 cm³/mol. The zero-order chi connectivity index (χ0) is 22.8. The van der Waals surface area contributed by atoms with Gasteiger partial charge in [-0.25, -0.2) is 9.97 Å². The molecule has 0 aliphatic carbocycles. The van der Waals surface area contributed by atoms with Gasteiger partial charge in [0.25, 0.3) is 5.91 Å². The summed E-state index contributed by atoms with van der Waals surface area (Å²) in [6.45, 7) is 3.16. The van der Waals surface area contributed by atoms with E-state index >= 15 is 0 Å². The lowest BCUT2D eigenvalue weighted by atomic mass is 10.00. The molecule has 33 heavy (non-hydrogen) atoms. The molecule has 168 valence electrons. The van der Waals surface area contributed by atoms with Crippen molar-refractivity contribution >= 4 is 17.6 Å². The van der Waals surface area contributed by atoms with E-state index in [2.05, 4.69) is 17.1 Å². The van der Waals surface area contributed by atoms with Crippen molar-refractivity contribution in [3.63, 3.8) is 0 Å². The Balaban J connectivity index is 1.44. The molecule has 2 amide bonds. The minimum atomic E-state index is -0.219. The van der Waals surface area contributed by atoms with Crippen LogP contribution < -0.4 is 4.90 Å². The van der Waals surface area contributed by atoms with Crippen LogP contribution in [0.5, 0.6) is 0 Å². The van der Waals surface area contributed by atoms with Crippen LogP contribution in [0.25, 0.3) is 0 Å². The molecule has 1 fully saturated rings. The Labute approximate surface area is 193 Å². The maximum atomic E-state index is 13.2. The zero-order valence-corrected chi connectivity index (χ0v) is 18.8. The highest BCUT2D eigenvalue weighted by molar-refractivity contribution is 6.00. The summed E-state index contributed by atoms with van der Waals surface area (Å²) in [5.41, 5.74) is 3.34. The first-order valence-electron chi connectivity index (χ1n) is 11.6. The Bertz CT molecular complexity index is 1170. The maximum Gasteiger partial charge on any atom is 0.273 e. The third-order valence-corrected chi connectivity index (χ3v) is 6.51. The summed E-state index contributed by atoms with van der Waals surface area (Å²) in [5, 5.41) is 0. The van der Waals surface area contributed by atoms with Crippen LogP contribution in [0.3, 0.4) is 0 Å². The number of piperidine rings is 1. The number of pyridine rings is 1. The normalized spacial score (nSPS) is 17.8. The first-order chi connectivity index (χ1) is 16.1. The van der Waals surface area contributed by atoms with Gasteiger partial charge in [0.2, 0.25) is 5.91 Å². The van der Waals surface area contributed by atoms with E-state index in [0.717, 1.165) is 36.9 Å². The van der Waals surface area contributed by atoms with Crippen LogP contribution in [-0.4, -0.2) is 44.8 Å². The SMILES string of the molecule is Cc1nc([C@H]2CCCCN2C(=O)c2ccccn2)nc2c1CC(=O)N2CCc1ccccc1. The lowest BCUT2D eigenvalue weighted by Gasteiger charge is -2.35. The van der Waals surface area contributed by atoms with Gasteiger partial charge in [0.05, 0.1) is 12.5 Å². The highest BCUT2D eigenvalue weighted by Crippen LogP contribution is 2.35. The molecule has 0 bridgehead atoms. The molecule has 1 saturated heterocycles. The molecule has 5 rings (SSSR count). The number of aromatic nitrogens is 3. The second-order valence-electron chi connectivity index (χ2n) is 8.65. The average Bonchev–Trinajstić information content (AvgIpc) is 3.19. The highest BCUT2D eigenvalue weighted by atomic mass is 16.2. The van der Waals surface area contributed by atoms with Crippen molar-refractivity contribution in [1.82, 2.24) is 19.9 Å². The largest absolute Gasteiger partial charge is 0.327 e. The molecule has 4 heterocycles. The van der Waals surface area contributed by atoms with Crippen LogP contribution in [0, 0.1) is 6.92 Å². The number of fused-ring (bicyclic) bond motifs is 1. The number of likely N-dealkylation sites (tertiary alicyclic amines) is 1. The van der Waals surface area contributed by atoms with Crippen LogP contribution in [0.15, 0.2) is 54.7 Å². The Morgan fingerprint density at radius 3 is 2.67 bits per heavy atom. The number of carbonyl (C=O) groups is 2. The van der Waals surface area contributed by atoms with Crippen LogP contribution in [0.4, 0.5) is 5.82 Å². The van der Waals surface area contributed by atoms with E-state index < -0.39 is 0 Å². The summed E-state index contributed by atoms with van der Waals surface area (Å²) < 4.78 is 0. The van der Waals surface area contributed by atoms with Gasteiger partial charge >= 0.3 is 0 Å². The Hall–Kier alpha value is -3.61. The molecule has 0 radical (unpaired) electrons. The van der Waals surface area contributed by atoms with E-state index in [9.17, 15) is 9.59 Å². The van der Waals surface area contributed by atoms with E-state index in [4.69, 9.17) is 9.97 Å². The predicted octanol–water partition coefficient (Wildman–Crippen LogP) is 3.68. The summed E-state index contributed by atoms with van der Waals surface area (Å²) in [4.78, 5) is 43.6. The highest BCUT2D eigenvalue weighted by Gasteiger charge is 2.35. The molecule has 0 unspecified atom stereocenters. The molecule has 3 aromatic rings. The quantitative estimate of drug-likeness (QED) is 0.604. The van der Waals surface area contributed by atoms with E-state index in [1.54, 1.807) is 23.2 Å². The van der Waals surface area contributed by atoms with Crippen molar-refractivity contribution in [3.8, 4) is 0 Å². The number of amides is 2. The molecule has 7 nitrogen and oxygen atoms in total. The number of nitrogens with zero attached hydrogens (tertiary/aromatic N) is 5. The van der Waals surface area contributed by atoms with E-state index in [0.29, 0.717) is 36.8 Å². The maximum absolute atomic E-state index is 13.2. The van der Waals surface area contributed by atoms with Gasteiger partial charge in [0.15, 0.2) is 5.82 Å². The van der Waals surface area contributed by atoms with Gasteiger partial charge in [0, 0.05) is 30.5 Å². The summed E-state index contributed by atoms with van der Waals surface area (Å²) in [7, 11) is 0. The Morgan fingerprint density at radius 1 is 1.06 bits per heavy atom. The van der Waals surface area contributed by atoms with Gasteiger partial charge in [-0.3, -0.25) is 19.5 Å². The topological polar surface area (TPSA) is 79.3 Å². The van der Waals surface area contributed by atoms with Crippen molar-refractivity contribution in [2.45, 2.75) is 45.1 Å². The monoisotopic (exact) mass is 441 g/mol. The summed E-state index contributed by atoms with van der Waals surface area (Å²) in [6, 6.07) is 15.3. The van der Waals surface area contributed by atoms with Crippen molar-refractivity contribution < 1.29 is 9.59 Å². The molecular formula is C26H27N5O2. The van der Waals surface area contributed by atoms with Gasteiger partial charge in [-0.05, 0) is 50.3 Å². The van der Waals surface area contributed by atoms with Crippen molar-refractivity contribution in [1.29, 1.82) is 0 Å². The molecule has 0 spiro atoms. The molecule has 1 aromatic carbocycles. The standard InChI is InChI=1S/C26H27N5O2/c1-18-20-17-23(32)31(16-13-19-9-3-2-4-10-19)25(20)29-24(28-18)22-12-6-8-15-30(22)26(33)21-11-5-7-14-27-21/h2-5,7,9-11,14,22H,6,8,12-13,15-17H2,1H3/t22-/m1/s1. The minimum Gasteiger partial charge on any atom is -0.327 e. The van der Waals surface area contributed by atoms with Crippen molar-refractivity contribution in [2.75, 3.05) is 18.0 Å². The van der Waals surface area contributed by atoms with Gasteiger partial charge < -0.3 is 4.90 Å². The Morgan fingerprint density at radius 2 is 1.88 bits per heavy atom. The fraction of sp³-hybridized carbons (Fsp3) is 0.346. The number of benzene rings is 1. The van der Waals surface area contributed by atoms with E-state index in [1.165, 1.54) is 5.56 Å². The first-order valence-corrected chi connectivity index (χ1v) is 11.6. The van der Waals surface area contributed by atoms with E-state index in [1.807, 2.05) is 36.1 Å². The molecule has 2 aliphatic heterocycles. The average molecular weight is 442 g/mol. The second-order valence-corrected chi connectivity index (χ2v) is 8.65. The fourth-order valence-electron chi connectivity index (χ4n) is 4.74. The lowest BCUT2D eigenvalue weighted by Crippen LogP contribution is -2.40. The van der Waals surface area contributed by atoms with Crippen LogP contribution >= 0.6 is 0 Å².